The van der Waals surface area contributed by atoms with Gasteiger partial charge in [-0.3, -0.25) is 0 Å². The number of nitrogens with zero attached hydrogens (tertiary/aromatic N) is 5. The summed E-state index contributed by atoms with van der Waals surface area (Å²) >= 11 is 0. The van der Waals surface area contributed by atoms with Crippen LogP contribution in [-0.2, 0) is 11.3 Å². The van der Waals surface area contributed by atoms with Crippen molar-refractivity contribution in [2.24, 2.45) is 5.10 Å². The number of rotatable bonds is 11. The van der Waals surface area contributed by atoms with Gasteiger partial charge in [-0.1, -0.05) is 48.5 Å². The van der Waals surface area contributed by atoms with Crippen molar-refractivity contribution in [3.05, 3.63) is 90.0 Å². The summed E-state index contributed by atoms with van der Waals surface area (Å²) < 4.78 is 17.3. The molecule has 0 saturated carbocycles. The molecule has 0 spiro atoms. The van der Waals surface area contributed by atoms with Gasteiger partial charge in [0.1, 0.15) is 6.61 Å². The van der Waals surface area contributed by atoms with Gasteiger partial charge in [0.15, 0.2) is 11.5 Å². The maximum absolute atomic E-state index is 6.00. The van der Waals surface area contributed by atoms with Gasteiger partial charge in [0.05, 0.1) is 26.0 Å². The van der Waals surface area contributed by atoms with Crippen molar-refractivity contribution in [3.8, 4) is 11.5 Å². The van der Waals surface area contributed by atoms with E-state index >= 15 is 0 Å². The Kier molecular flexibility index (Phi) is 8.78. The Morgan fingerprint density at radius 1 is 0.872 bits per heavy atom. The number of hydrogen-bond acceptors (Lipinski definition) is 10. The highest BCUT2D eigenvalue weighted by Crippen LogP contribution is 2.29. The molecule has 0 unspecified atom stereocenters. The average Bonchev–Trinajstić information content (AvgIpc) is 2.98. The number of aromatic nitrogens is 3. The third kappa shape index (κ3) is 7.42. The van der Waals surface area contributed by atoms with E-state index in [9.17, 15) is 0 Å². The zero-order chi connectivity index (χ0) is 26.7. The van der Waals surface area contributed by atoms with Gasteiger partial charge in [0.2, 0.25) is 17.8 Å². The molecular formula is C29H31N7O3. The van der Waals surface area contributed by atoms with E-state index in [0.717, 1.165) is 16.8 Å². The first-order valence-electron chi connectivity index (χ1n) is 12.9. The Balaban J connectivity index is 1.30. The summed E-state index contributed by atoms with van der Waals surface area (Å²) in [5.74, 6) is 2.64. The summed E-state index contributed by atoms with van der Waals surface area (Å²) in [6.07, 6.45) is 1.69. The highest BCUT2D eigenvalue weighted by molar-refractivity contribution is 5.81. The minimum Gasteiger partial charge on any atom is -0.490 e. The van der Waals surface area contributed by atoms with Gasteiger partial charge in [-0.15, -0.1) is 0 Å². The molecule has 0 bridgehead atoms. The van der Waals surface area contributed by atoms with Crippen molar-refractivity contribution in [3.63, 3.8) is 0 Å². The van der Waals surface area contributed by atoms with E-state index in [2.05, 4.69) is 35.7 Å². The van der Waals surface area contributed by atoms with E-state index in [-0.39, 0.29) is 0 Å². The van der Waals surface area contributed by atoms with Crippen LogP contribution in [0.2, 0.25) is 0 Å². The molecular weight excluding hydrogens is 494 g/mol. The lowest BCUT2D eigenvalue weighted by atomic mass is 10.2. The molecule has 2 heterocycles. The molecule has 1 saturated heterocycles. The van der Waals surface area contributed by atoms with Gasteiger partial charge in [-0.25, -0.2) is 5.43 Å². The molecule has 4 aromatic rings. The molecule has 0 amide bonds. The van der Waals surface area contributed by atoms with Crippen LogP contribution in [0, 0.1) is 0 Å². The zero-order valence-electron chi connectivity index (χ0n) is 21.8. The fourth-order valence-electron chi connectivity index (χ4n) is 3.92. The second kappa shape index (κ2) is 13.2. The van der Waals surface area contributed by atoms with Crippen LogP contribution in [0.1, 0.15) is 18.1 Å². The third-order valence-electron chi connectivity index (χ3n) is 5.83. The quantitative estimate of drug-likeness (QED) is 0.209. The van der Waals surface area contributed by atoms with Crippen molar-refractivity contribution in [1.29, 1.82) is 0 Å². The summed E-state index contributed by atoms with van der Waals surface area (Å²) in [6.45, 7) is 5.58. The van der Waals surface area contributed by atoms with Crippen LogP contribution >= 0.6 is 0 Å². The van der Waals surface area contributed by atoms with E-state index in [1.54, 1.807) is 6.21 Å². The topological polar surface area (TPSA) is 106 Å². The Morgan fingerprint density at radius 2 is 1.62 bits per heavy atom. The SMILES string of the molecule is CCOc1cc(/C=N\Nc2nc(Nc3ccccc3)nc(N3CCOCC3)n2)ccc1OCc1ccccc1. The van der Waals surface area contributed by atoms with Crippen LogP contribution in [0.3, 0.4) is 0 Å². The molecule has 10 nitrogen and oxygen atoms in total. The molecule has 0 atom stereocenters. The Hall–Kier alpha value is -4.70. The standard InChI is InChI=1S/C29H31N7O3/c1-2-38-26-19-23(13-14-25(26)39-21-22-9-5-3-6-10-22)20-30-35-28-32-27(31-24-11-7-4-8-12-24)33-29(34-28)36-15-17-37-18-16-36/h3-14,19-20H,2,15-18,21H2,1H3,(H2,31,32,33,34,35)/b30-20-. The van der Waals surface area contributed by atoms with Crippen LogP contribution in [0.5, 0.6) is 11.5 Å². The average molecular weight is 526 g/mol. The van der Waals surface area contributed by atoms with Crippen LogP contribution in [0.25, 0.3) is 0 Å². The molecule has 2 N–H and O–H groups in total. The number of hydrazone groups is 1. The fraction of sp³-hybridized carbons (Fsp3) is 0.241. The van der Waals surface area contributed by atoms with Crippen molar-refractivity contribution in [2.75, 3.05) is 48.6 Å². The highest BCUT2D eigenvalue weighted by Gasteiger charge is 2.17. The summed E-state index contributed by atoms with van der Waals surface area (Å²) in [4.78, 5) is 15.8. The van der Waals surface area contributed by atoms with Crippen LogP contribution in [0.15, 0.2) is 84.0 Å². The number of nitrogens with one attached hydrogen (secondary N) is 2. The first-order chi connectivity index (χ1) is 19.3. The smallest absolute Gasteiger partial charge is 0.250 e. The molecule has 200 valence electrons. The molecule has 10 heteroatoms. The van der Waals surface area contributed by atoms with E-state index in [1.165, 1.54) is 0 Å². The van der Waals surface area contributed by atoms with Gasteiger partial charge >= 0.3 is 0 Å². The van der Waals surface area contributed by atoms with Crippen molar-refractivity contribution < 1.29 is 14.2 Å². The van der Waals surface area contributed by atoms with Crippen molar-refractivity contribution in [1.82, 2.24) is 15.0 Å². The summed E-state index contributed by atoms with van der Waals surface area (Å²) in [5.41, 5.74) is 5.75. The first kappa shape index (κ1) is 25.9. The fourth-order valence-corrected chi connectivity index (χ4v) is 3.92. The maximum atomic E-state index is 6.00. The lowest BCUT2D eigenvalue weighted by Crippen LogP contribution is -2.37. The molecule has 0 radical (unpaired) electrons. The van der Waals surface area contributed by atoms with Crippen LogP contribution < -0.4 is 25.1 Å². The number of hydrogen-bond donors (Lipinski definition) is 2. The molecule has 1 aliphatic heterocycles. The molecule has 1 aliphatic rings. The monoisotopic (exact) mass is 525 g/mol. The molecule has 39 heavy (non-hydrogen) atoms. The number of para-hydroxylation sites is 1. The molecule has 5 rings (SSSR count). The predicted molar refractivity (Wildman–Crippen MR) is 152 cm³/mol. The Labute approximate surface area is 227 Å². The number of ether oxygens (including phenoxy) is 3. The van der Waals surface area contributed by atoms with E-state index in [1.807, 2.05) is 85.8 Å². The summed E-state index contributed by atoms with van der Waals surface area (Å²) in [7, 11) is 0. The molecule has 3 aromatic carbocycles. The minimum absolute atomic E-state index is 0.328. The van der Waals surface area contributed by atoms with Gasteiger partial charge in [-0.2, -0.15) is 20.1 Å². The second-order valence-electron chi connectivity index (χ2n) is 8.66. The normalized spacial score (nSPS) is 13.3. The van der Waals surface area contributed by atoms with Crippen molar-refractivity contribution in [2.45, 2.75) is 13.5 Å². The molecule has 1 aromatic heterocycles. The van der Waals surface area contributed by atoms with Gasteiger partial charge in [0, 0.05) is 18.8 Å². The maximum Gasteiger partial charge on any atom is 0.250 e. The van der Waals surface area contributed by atoms with Crippen molar-refractivity contribution >= 4 is 29.7 Å². The number of benzene rings is 3. The van der Waals surface area contributed by atoms with Gasteiger partial charge < -0.3 is 24.4 Å². The highest BCUT2D eigenvalue weighted by atomic mass is 16.5. The van der Waals surface area contributed by atoms with Crippen LogP contribution in [-0.4, -0.2) is 54.1 Å². The lowest BCUT2D eigenvalue weighted by Gasteiger charge is -2.27. The largest absolute Gasteiger partial charge is 0.490 e. The zero-order valence-corrected chi connectivity index (χ0v) is 21.8. The summed E-state index contributed by atoms with van der Waals surface area (Å²) in [6, 6.07) is 25.5. The van der Waals surface area contributed by atoms with Gasteiger partial charge in [-0.05, 0) is 48.4 Å². The van der Waals surface area contributed by atoms with E-state index in [0.29, 0.717) is 68.9 Å². The van der Waals surface area contributed by atoms with E-state index < -0.39 is 0 Å². The third-order valence-corrected chi connectivity index (χ3v) is 5.83. The number of anilines is 4. The second-order valence-corrected chi connectivity index (χ2v) is 8.66. The van der Waals surface area contributed by atoms with Gasteiger partial charge in [0.25, 0.3) is 0 Å². The Morgan fingerprint density at radius 3 is 2.38 bits per heavy atom. The predicted octanol–water partition coefficient (Wildman–Crippen LogP) is 4.88. The molecule has 1 fully saturated rings. The van der Waals surface area contributed by atoms with Crippen LogP contribution in [0.4, 0.5) is 23.5 Å². The summed E-state index contributed by atoms with van der Waals surface area (Å²) in [5, 5.41) is 7.62. The number of morpholine rings is 1. The molecule has 0 aliphatic carbocycles. The van der Waals surface area contributed by atoms with E-state index in [4.69, 9.17) is 14.2 Å². The lowest BCUT2D eigenvalue weighted by molar-refractivity contribution is 0.122. The first-order valence-corrected chi connectivity index (χ1v) is 12.9. The minimum atomic E-state index is 0.328. The Bertz CT molecular complexity index is 1360.